The molecule has 1 heterocycles. The number of halogens is 1. The number of hydrogen-bond acceptors (Lipinski definition) is 3. The highest BCUT2D eigenvalue weighted by Gasteiger charge is 2.37. The molecule has 1 aliphatic heterocycles. The van der Waals surface area contributed by atoms with Gasteiger partial charge in [-0.2, -0.15) is 0 Å². The molecule has 2 atom stereocenters. The maximum absolute atomic E-state index is 12.2. The van der Waals surface area contributed by atoms with Crippen LogP contribution in [0.1, 0.15) is 13.3 Å². The number of nitrogens with zero attached hydrogens (tertiary/aromatic N) is 1. The predicted octanol–water partition coefficient (Wildman–Crippen LogP) is 2.86. The van der Waals surface area contributed by atoms with E-state index in [1.54, 1.807) is 4.90 Å². The Balaban J connectivity index is 1.91. The lowest BCUT2D eigenvalue weighted by Gasteiger charge is -2.23. The zero-order chi connectivity index (χ0) is 14.7. The second-order valence-electron chi connectivity index (χ2n) is 4.81. The zero-order valence-corrected chi connectivity index (χ0v) is 13.5. The fourth-order valence-electron chi connectivity index (χ4n) is 2.41. The van der Waals surface area contributed by atoms with Crippen LogP contribution in [0.15, 0.2) is 33.6 Å². The van der Waals surface area contributed by atoms with Crippen LogP contribution >= 0.6 is 27.7 Å². The molecule has 1 aliphatic rings. The van der Waals surface area contributed by atoms with Gasteiger partial charge in [0.05, 0.1) is 11.7 Å². The average Bonchev–Trinajstić information content (AvgIpc) is 2.78. The number of aliphatic carboxylic acids is 1. The highest BCUT2D eigenvalue weighted by Crippen LogP contribution is 2.27. The Morgan fingerprint density at radius 2 is 2.25 bits per heavy atom. The molecule has 1 aromatic carbocycles. The Morgan fingerprint density at radius 1 is 1.50 bits per heavy atom. The molecule has 4 nitrogen and oxygen atoms in total. The van der Waals surface area contributed by atoms with Crippen molar-refractivity contribution in [2.45, 2.75) is 24.3 Å². The molecule has 6 heteroatoms. The van der Waals surface area contributed by atoms with Gasteiger partial charge in [-0.05, 0) is 31.5 Å². The number of carboxylic acid groups (broad SMARTS) is 1. The van der Waals surface area contributed by atoms with Gasteiger partial charge >= 0.3 is 5.97 Å². The summed E-state index contributed by atoms with van der Waals surface area (Å²) < 4.78 is 0.982. The molecule has 0 radical (unpaired) electrons. The molecule has 108 valence electrons. The highest BCUT2D eigenvalue weighted by molar-refractivity contribution is 9.10. The van der Waals surface area contributed by atoms with E-state index >= 15 is 0 Å². The third-order valence-corrected chi connectivity index (χ3v) is 5.02. The monoisotopic (exact) mass is 357 g/mol. The number of rotatable bonds is 4. The van der Waals surface area contributed by atoms with Crippen LogP contribution in [0.2, 0.25) is 0 Å². The molecule has 1 fully saturated rings. The van der Waals surface area contributed by atoms with Gasteiger partial charge in [0, 0.05) is 22.0 Å². The van der Waals surface area contributed by atoms with Gasteiger partial charge in [0.25, 0.3) is 0 Å². The summed E-state index contributed by atoms with van der Waals surface area (Å²) in [6, 6.07) is 7.56. The van der Waals surface area contributed by atoms with Crippen LogP contribution in [0.3, 0.4) is 0 Å². The molecule has 0 aromatic heterocycles. The van der Waals surface area contributed by atoms with Crippen molar-refractivity contribution in [3.8, 4) is 0 Å². The fourth-order valence-corrected chi connectivity index (χ4v) is 3.80. The Bertz CT molecular complexity index is 523. The van der Waals surface area contributed by atoms with Gasteiger partial charge in [0.2, 0.25) is 5.91 Å². The number of thioether (sulfide) groups is 1. The molecule has 1 aromatic rings. The molecule has 1 amide bonds. The van der Waals surface area contributed by atoms with Crippen molar-refractivity contribution in [1.29, 1.82) is 0 Å². The maximum Gasteiger partial charge on any atom is 0.308 e. The third kappa shape index (κ3) is 3.55. The lowest BCUT2D eigenvalue weighted by Crippen LogP contribution is -2.38. The molecule has 2 rings (SSSR count). The zero-order valence-electron chi connectivity index (χ0n) is 11.1. The summed E-state index contributed by atoms with van der Waals surface area (Å²) in [5, 5.41) is 9.07. The van der Waals surface area contributed by atoms with Gasteiger partial charge in [-0.25, -0.2) is 0 Å². The first-order valence-electron chi connectivity index (χ1n) is 6.39. The molecule has 0 spiro atoms. The third-order valence-electron chi connectivity index (χ3n) is 3.55. The smallest absolute Gasteiger partial charge is 0.308 e. The SMILES string of the molecule is CC1C(C(=O)O)CCN1C(=O)CSc1cccc(Br)c1. The normalized spacial score (nSPS) is 22.0. The van der Waals surface area contributed by atoms with Crippen molar-refractivity contribution in [2.75, 3.05) is 12.3 Å². The van der Waals surface area contributed by atoms with Gasteiger partial charge in [-0.1, -0.05) is 22.0 Å². The van der Waals surface area contributed by atoms with Crippen molar-refractivity contribution in [3.63, 3.8) is 0 Å². The van der Waals surface area contributed by atoms with Gasteiger partial charge in [-0.15, -0.1) is 11.8 Å². The largest absolute Gasteiger partial charge is 0.481 e. The van der Waals surface area contributed by atoms with E-state index in [1.165, 1.54) is 11.8 Å². The van der Waals surface area contributed by atoms with Crippen molar-refractivity contribution in [2.24, 2.45) is 5.92 Å². The Morgan fingerprint density at radius 3 is 2.85 bits per heavy atom. The summed E-state index contributed by atoms with van der Waals surface area (Å²) in [6.07, 6.45) is 0.545. The van der Waals surface area contributed by atoms with Crippen molar-refractivity contribution in [1.82, 2.24) is 4.90 Å². The number of hydrogen-bond donors (Lipinski definition) is 1. The molecule has 0 aliphatic carbocycles. The van der Waals surface area contributed by atoms with Crippen LogP contribution < -0.4 is 0 Å². The second kappa shape index (κ2) is 6.63. The van der Waals surface area contributed by atoms with Gasteiger partial charge in [-0.3, -0.25) is 9.59 Å². The molecule has 1 saturated heterocycles. The molecular formula is C14H16BrNO3S. The molecule has 0 bridgehead atoms. The van der Waals surface area contributed by atoms with Crippen molar-refractivity contribution in [3.05, 3.63) is 28.7 Å². The van der Waals surface area contributed by atoms with E-state index in [-0.39, 0.29) is 11.9 Å². The van der Waals surface area contributed by atoms with E-state index in [0.717, 1.165) is 9.37 Å². The van der Waals surface area contributed by atoms with Crippen LogP contribution in [0.25, 0.3) is 0 Å². The standard InChI is InChI=1S/C14H16BrNO3S/c1-9-12(14(18)19)5-6-16(9)13(17)8-20-11-4-2-3-10(15)7-11/h2-4,7,9,12H,5-6,8H2,1H3,(H,18,19). The lowest BCUT2D eigenvalue weighted by atomic mass is 10.0. The first kappa shape index (κ1) is 15.4. The summed E-state index contributed by atoms with van der Waals surface area (Å²) in [5.74, 6) is -0.902. The van der Waals surface area contributed by atoms with E-state index < -0.39 is 11.9 Å². The first-order chi connectivity index (χ1) is 9.49. The van der Waals surface area contributed by atoms with E-state index in [4.69, 9.17) is 5.11 Å². The molecule has 20 heavy (non-hydrogen) atoms. The van der Waals surface area contributed by atoms with Crippen LogP contribution in [0.4, 0.5) is 0 Å². The van der Waals surface area contributed by atoms with Crippen LogP contribution in [-0.2, 0) is 9.59 Å². The number of carbonyl (C=O) groups is 2. The van der Waals surface area contributed by atoms with Gasteiger partial charge < -0.3 is 10.0 Å². The summed E-state index contributed by atoms with van der Waals surface area (Å²) in [4.78, 5) is 25.9. The minimum absolute atomic E-state index is 0.00576. The predicted molar refractivity (Wildman–Crippen MR) is 81.8 cm³/mol. The first-order valence-corrected chi connectivity index (χ1v) is 8.17. The molecule has 2 unspecified atom stereocenters. The van der Waals surface area contributed by atoms with Crippen LogP contribution in [0.5, 0.6) is 0 Å². The second-order valence-corrected chi connectivity index (χ2v) is 6.77. The number of benzene rings is 1. The van der Waals surface area contributed by atoms with Crippen LogP contribution in [-0.4, -0.2) is 40.2 Å². The summed E-state index contributed by atoms with van der Waals surface area (Å²) in [7, 11) is 0. The fraction of sp³-hybridized carbons (Fsp3) is 0.429. The quantitative estimate of drug-likeness (QED) is 0.841. The number of carbonyl (C=O) groups excluding carboxylic acids is 1. The minimum atomic E-state index is -0.813. The number of likely N-dealkylation sites (tertiary alicyclic amines) is 1. The average molecular weight is 358 g/mol. The molecule has 0 saturated carbocycles. The van der Waals surface area contributed by atoms with Crippen molar-refractivity contribution >= 4 is 39.6 Å². The minimum Gasteiger partial charge on any atom is -0.481 e. The Labute approximate surface area is 130 Å². The van der Waals surface area contributed by atoms with E-state index in [9.17, 15) is 9.59 Å². The highest BCUT2D eigenvalue weighted by atomic mass is 79.9. The molecule has 1 N–H and O–H groups in total. The van der Waals surface area contributed by atoms with Gasteiger partial charge in [0.1, 0.15) is 0 Å². The lowest BCUT2D eigenvalue weighted by molar-refractivity contribution is -0.142. The maximum atomic E-state index is 12.2. The van der Waals surface area contributed by atoms with E-state index in [0.29, 0.717) is 18.7 Å². The van der Waals surface area contributed by atoms with E-state index in [1.807, 2.05) is 31.2 Å². The topological polar surface area (TPSA) is 57.6 Å². The Kier molecular flexibility index (Phi) is 5.10. The summed E-state index contributed by atoms with van der Waals surface area (Å²) in [5.41, 5.74) is 0. The van der Waals surface area contributed by atoms with Gasteiger partial charge in [0.15, 0.2) is 0 Å². The Hall–Kier alpha value is -1.01. The number of carboxylic acids is 1. The van der Waals surface area contributed by atoms with E-state index in [2.05, 4.69) is 15.9 Å². The summed E-state index contributed by atoms with van der Waals surface area (Å²) in [6.45, 7) is 2.35. The van der Waals surface area contributed by atoms with Crippen molar-refractivity contribution < 1.29 is 14.7 Å². The van der Waals surface area contributed by atoms with Crippen LogP contribution in [0, 0.1) is 5.92 Å². The summed E-state index contributed by atoms with van der Waals surface area (Å²) >= 11 is 4.87. The number of amides is 1. The molecular weight excluding hydrogens is 342 g/mol.